The minimum Gasteiger partial charge on any atom is -0.380 e. The van der Waals surface area contributed by atoms with Gasteiger partial charge in [-0.2, -0.15) is 0 Å². The van der Waals surface area contributed by atoms with Crippen LogP contribution in [-0.4, -0.2) is 12.1 Å². The third kappa shape index (κ3) is 2.79. The average Bonchev–Trinajstić information content (AvgIpc) is 2.38. The number of rotatable bonds is 4. The minimum absolute atomic E-state index is 0.506. The predicted molar refractivity (Wildman–Crippen MR) is 80.7 cm³/mol. The SMILES string of the molecule is CCc1cc(COC)c2nc(C)cc(C(C)C)c2c1. The van der Waals surface area contributed by atoms with E-state index in [2.05, 4.69) is 45.9 Å². The van der Waals surface area contributed by atoms with Gasteiger partial charge in [0.25, 0.3) is 0 Å². The number of benzene rings is 1. The topological polar surface area (TPSA) is 22.1 Å². The van der Waals surface area contributed by atoms with E-state index in [0.29, 0.717) is 12.5 Å². The molecule has 1 heterocycles. The van der Waals surface area contributed by atoms with Gasteiger partial charge < -0.3 is 4.74 Å². The Hall–Kier alpha value is -1.41. The summed E-state index contributed by atoms with van der Waals surface area (Å²) in [5.41, 5.74) is 6.12. The normalized spacial score (nSPS) is 11.5. The van der Waals surface area contributed by atoms with Crippen molar-refractivity contribution in [1.82, 2.24) is 4.98 Å². The summed E-state index contributed by atoms with van der Waals surface area (Å²) in [7, 11) is 1.74. The Bertz CT molecular complexity index is 587. The van der Waals surface area contributed by atoms with Crippen LogP contribution in [0.25, 0.3) is 10.9 Å². The second kappa shape index (κ2) is 5.70. The molecule has 0 unspecified atom stereocenters. The highest BCUT2D eigenvalue weighted by Gasteiger charge is 2.12. The molecule has 2 aromatic rings. The molecule has 0 N–H and O–H groups in total. The molecule has 0 bridgehead atoms. The summed E-state index contributed by atoms with van der Waals surface area (Å²) in [6.07, 6.45) is 1.04. The number of aryl methyl sites for hydroxylation is 2. The summed E-state index contributed by atoms with van der Waals surface area (Å²) >= 11 is 0. The van der Waals surface area contributed by atoms with Gasteiger partial charge in [0, 0.05) is 23.8 Å². The van der Waals surface area contributed by atoms with E-state index in [0.717, 1.165) is 17.6 Å². The zero-order valence-corrected chi connectivity index (χ0v) is 12.6. The smallest absolute Gasteiger partial charge is 0.0763 e. The van der Waals surface area contributed by atoms with Crippen molar-refractivity contribution in [3.05, 3.63) is 40.6 Å². The molecule has 0 atom stereocenters. The number of nitrogens with zero attached hydrogens (tertiary/aromatic N) is 1. The van der Waals surface area contributed by atoms with Crippen molar-refractivity contribution in [2.45, 2.75) is 46.6 Å². The molecule has 1 aromatic carbocycles. The Morgan fingerprint density at radius 2 is 1.95 bits per heavy atom. The van der Waals surface area contributed by atoms with Crippen molar-refractivity contribution in [2.24, 2.45) is 0 Å². The maximum atomic E-state index is 5.34. The molecule has 1 aromatic heterocycles. The number of ether oxygens (including phenoxy) is 1. The van der Waals surface area contributed by atoms with Crippen molar-refractivity contribution in [2.75, 3.05) is 7.11 Å². The van der Waals surface area contributed by atoms with Crippen molar-refractivity contribution in [3.63, 3.8) is 0 Å². The lowest BCUT2D eigenvalue weighted by Crippen LogP contribution is -2.00. The molecule has 0 aliphatic carbocycles. The maximum absolute atomic E-state index is 5.34. The van der Waals surface area contributed by atoms with E-state index in [1.54, 1.807) is 7.11 Å². The highest BCUT2D eigenvalue weighted by atomic mass is 16.5. The van der Waals surface area contributed by atoms with Crippen LogP contribution < -0.4 is 0 Å². The van der Waals surface area contributed by atoms with Gasteiger partial charge in [0.05, 0.1) is 12.1 Å². The Morgan fingerprint density at radius 1 is 1.21 bits per heavy atom. The van der Waals surface area contributed by atoms with Gasteiger partial charge in [-0.1, -0.05) is 26.8 Å². The summed E-state index contributed by atoms with van der Waals surface area (Å²) < 4.78 is 5.34. The van der Waals surface area contributed by atoms with Crippen LogP contribution in [0.15, 0.2) is 18.2 Å². The van der Waals surface area contributed by atoms with Gasteiger partial charge in [0.2, 0.25) is 0 Å². The van der Waals surface area contributed by atoms with Crippen LogP contribution in [-0.2, 0) is 17.8 Å². The van der Waals surface area contributed by atoms with Gasteiger partial charge in [-0.3, -0.25) is 4.98 Å². The van der Waals surface area contributed by atoms with Crippen LogP contribution in [0.2, 0.25) is 0 Å². The summed E-state index contributed by atoms with van der Waals surface area (Å²) in [5.74, 6) is 0.506. The molecular weight excluding hydrogens is 234 g/mol. The first-order valence-corrected chi connectivity index (χ1v) is 6.98. The number of hydrogen-bond acceptors (Lipinski definition) is 2. The van der Waals surface area contributed by atoms with E-state index >= 15 is 0 Å². The molecule has 0 saturated heterocycles. The molecule has 2 nitrogen and oxygen atoms in total. The van der Waals surface area contributed by atoms with Crippen molar-refractivity contribution >= 4 is 10.9 Å². The van der Waals surface area contributed by atoms with Crippen LogP contribution in [0.4, 0.5) is 0 Å². The van der Waals surface area contributed by atoms with E-state index in [1.807, 2.05) is 0 Å². The fraction of sp³-hybridized carbons (Fsp3) is 0.471. The lowest BCUT2D eigenvalue weighted by Gasteiger charge is -2.15. The molecule has 0 aliphatic rings. The Kier molecular flexibility index (Phi) is 4.20. The van der Waals surface area contributed by atoms with Crippen LogP contribution in [0.5, 0.6) is 0 Å². The quantitative estimate of drug-likeness (QED) is 0.811. The summed E-state index contributed by atoms with van der Waals surface area (Å²) in [6, 6.07) is 6.72. The highest BCUT2D eigenvalue weighted by molar-refractivity contribution is 5.86. The van der Waals surface area contributed by atoms with Gasteiger partial charge in [0.15, 0.2) is 0 Å². The molecule has 0 aliphatic heterocycles. The molecule has 2 heteroatoms. The van der Waals surface area contributed by atoms with Gasteiger partial charge in [-0.15, -0.1) is 0 Å². The van der Waals surface area contributed by atoms with Gasteiger partial charge >= 0.3 is 0 Å². The van der Waals surface area contributed by atoms with E-state index in [1.165, 1.54) is 22.1 Å². The van der Waals surface area contributed by atoms with Gasteiger partial charge in [0.1, 0.15) is 0 Å². The van der Waals surface area contributed by atoms with Crippen molar-refractivity contribution < 1.29 is 4.74 Å². The number of aromatic nitrogens is 1. The van der Waals surface area contributed by atoms with Gasteiger partial charge in [-0.05, 0) is 42.5 Å². The van der Waals surface area contributed by atoms with Gasteiger partial charge in [-0.25, -0.2) is 0 Å². The molecule has 0 saturated carbocycles. The third-order valence-electron chi connectivity index (χ3n) is 3.54. The van der Waals surface area contributed by atoms with Crippen LogP contribution in [0, 0.1) is 6.92 Å². The molecular formula is C17H23NO. The second-order valence-corrected chi connectivity index (χ2v) is 5.45. The summed E-state index contributed by atoms with van der Waals surface area (Å²) in [6.45, 7) is 9.36. The molecule has 0 radical (unpaired) electrons. The molecule has 0 spiro atoms. The van der Waals surface area contributed by atoms with Crippen molar-refractivity contribution in [1.29, 1.82) is 0 Å². The van der Waals surface area contributed by atoms with Crippen LogP contribution in [0.1, 0.15) is 49.1 Å². The second-order valence-electron chi connectivity index (χ2n) is 5.45. The first-order chi connectivity index (χ1) is 9.06. The fourth-order valence-electron chi connectivity index (χ4n) is 2.57. The highest BCUT2D eigenvalue weighted by Crippen LogP contribution is 2.29. The van der Waals surface area contributed by atoms with Crippen LogP contribution >= 0.6 is 0 Å². The van der Waals surface area contributed by atoms with E-state index < -0.39 is 0 Å². The molecule has 19 heavy (non-hydrogen) atoms. The van der Waals surface area contributed by atoms with Crippen LogP contribution in [0.3, 0.4) is 0 Å². The zero-order valence-electron chi connectivity index (χ0n) is 12.6. The third-order valence-corrected chi connectivity index (χ3v) is 3.54. The Labute approximate surface area is 115 Å². The maximum Gasteiger partial charge on any atom is 0.0763 e. The number of hydrogen-bond donors (Lipinski definition) is 0. The lowest BCUT2D eigenvalue weighted by atomic mass is 9.94. The first kappa shape index (κ1) is 14.0. The van der Waals surface area contributed by atoms with Crippen molar-refractivity contribution in [3.8, 4) is 0 Å². The number of methoxy groups -OCH3 is 1. The number of fused-ring (bicyclic) bond motifs is 1. The predicted octanol–water partition coefficient (Wildman–Crippen LogP) is 4.38. The van der Waals surface area contributed by atoms with E-state index in [-0.39, 0.29) is 0 Å². The summed E-state index contributed by atoms with van der Waals surface area (Å²) in [4.78, 5) is 4.73. The molecule has 102 valence electrons. The molecule has 2 rings (SSSR count). The largest absolute Gasteiger partial charge is 0.380 e. The van der Waals surface area contributed by atoms with E-state index in [4.69, 9.17) is 9.72 Å². The standard InChI is InChI=1S/C17H23NO/c1-6-13-8-14(10-19-5)17-16(9-13)15(11(2)3)7-12(4)18-17/h7-9,11H,6,10H2,1-5H3. The monoisotopic (exact) mass is 257 g/mol. The molecule has 0 fully saturated rings. The Balaban J connectivity index is 2.79. The van der Waals surface area contributed by atoms with E-state index in [9.17, 15) is 0 Å². The Morgan fingerprint density at radius 3 is 2.53 bits per heavy atom. The minimum atomic E-state index is 0.506. The first-order valence-electron chi connectivity index (χ1n) is 6.98. The fourth-order valence-corrected chi connectivity index (χ4v) is 2.57. The summed E-state index contributed by atoms with van der Waals surface area (Å²) in [5, 5.41) is 1.28. The number of pyridine rings is 1. The zero-order chi connectivity index (χ0) is 14.0. The lowest BCUT2D eigenvalue weighted by molar-refractivity contribution is 0.186. The molecule has 0 amide bonds. The average molecular weight is 257 g/mol.